The van der Waals surface area contributed by atoms with Gasteiger partial charge in [0.1, 0.15) is 0 Å². The number of amides is 3. The maximum absolute atomic E-state index is 11.9. The minimum absolute atomic E-state index is 0.132. The molecule has 102 valence electrons. The van der Waals surface area contributed by atoms with Crippen LogP contribution in [0.5, 0.6) is 0 Å². The van der Waals surface area contributed by atoms with E-state index < -0.39 is 0 Å². The highest BCUT2D eigenvalue weighted by Crippen LogP contribution is 2.25. The van der Waals surface area contributed by atoms with E-state index in [1.165, 1.54) is 32.1 Å². The smallest absolute Gasteiger partial charge is 0.321 e. The lowest BCUT2D eigenvalue weighted by molar-refractivity contribution is -0.121. The fraction of sp³-hybridized carbons (Fsp3) is 0.857. The molecule has 1 aliphatic carbocycles. The highest BCUT2D eigenvalue weighted by Gasteiger charge is 2.29. The van der Waals surface area contributed by atoms with E-state index in [1.807, 2.05) is 4.90 Å². The number of imide groups is 1. The molecule has 1 saturated heterocycles. The van der Waals surface area contributed by atoms with Crippen LogP contribution < -0.4 is 5.32 Å². The van der Waals surface area contributed by atoms with Gasteiger partial charge in [-0.05, 0) is 25.2 Å². The van der Waals surface area contributed by atoms with Crippen LogP contribution in [-0.2, 0) is 4.79 Å². The zero-order valence-electron chi connectivity index (χ0n) is 11.3. The summed E-state index contributed by atoms with van der Waals surface area (Å²) in [6.07, 6.45) is 8.94. The number of carbonyl (C=O) groups excluding carboxylic acids is 2. The Hall–Kier alpha value is -1.06. The summed E-state index contributed by atoms with van der Waals surface area (Å²) in [5.74, 6) is 0.632. The number of urea groups is 1. The number of rotatable bonds is 1. The predicted octanol–water partition coefficient (Wildman–Crippen LogP) is 2.68. The van der Waals surface area contributed by atoms with Crippen molar-refractivity contribution in [2.45, 2.75) is 64.3 Å². The molecule has 18 heavy (non-hydrogen) atoms. The van der Waals surface area contributed by atoms with Crippen molar-refractivity contribution in [3.8, 4) is 0 Å². The van der Waals surface area contributed by atoms with E-state index >= 15 is 0 Å². The fourth-order valence-corrected chi connectivity index (χ4v) is 3.05. The second-order valence-corrected chi connectivity index (χ2v) is 5.77. The molecule has 1 aliphatic heterocycles. The molecule has 2 rings (SSSR count). The second kappa shape index (κ2) is 6.21. The lowest BCUT2D eigenvalue weighted by atomic mass is 9.97. The molecule has 0 spiro atoms. The maximum Gasteiger partial charge on any atom is 0.324 e. The van der Waals surface area contributed by atoms with Crippen LogP contribution in [0.3, 0.4) is 0 Å². The van der Waals surface area contributed by atoms with Gasteiger partial charge in [0, 0.05) is 19.0 Å². The first kappa shape index (κ1) is 13.4. The minimum Gasteiger partial charge on any atom is -0.321 e. The summed E-state index contributed by atoms with van der Waals surface area (Å²) in [6, 6.07) is 0.154. The molecular formula is C14H24N2O2. The van der Waals surface area contributed by atoms with Crippen molar-refractivity contribution < 1.29 is 9.59 Å². The molecule has 4 nitrogen and oxygen atoms in total. The molecule has 0 aromatic heterocycles. The van der Waals surface area contributed by atoms with Crippen molar-refractivity contribution in [3.05, 3.63) is 0 Å². The number of nitrogens with one attached hydrogen (secondary N) is 1. The van der Waals surface area contributed by atoms with Gasteiger partial charge in [-0.3, -0.25) is 10.1 Å². The molecule has 2 atom stereocenters. The summed E-state index contributed by atoms with van der Waals surface area (Å²) < 4.78 is 0. The summed E-state index contributed by atoms with van der Waals surface area (Å²) >= 11 is 0. The Labute approximate surface area is 109 Å². The molecule has 0 radical (unpaired) electrons. The third-order valence-corrected chi connectivity index (χ3v) is 4.25. The van der Waals surface area contributed by atoms with Crippen molar-refractivity contribution in [2.75, 3.05) is 6.54 Å². The number of carbonyl (C=O) groups is 2. The van der Waals surface area contributed by atoms with E-state index in [4.69, 9.17) is 0 Å². The van der Waals surface area contributed by atoms with E-state index in [-0.39, 0.29) is 11.9 Å². The third kappa shape index (κ3) is 3.47. The molecular weight excluding hydrogens is 228 g/mol. The predicted molar refractivity (Wildman–Crippen MR) is 70.1 cm³/mol. The van der Waals surface area contributed by atoms with Gasteiger partial charge in [0.2, 0.25) is 5.91 Å². The van der Waals surface area contributed by atoms with Crippen molar-refractivity contribution in [1.29, 1.82) is 0 Å². The van der Waals surface area contributed by atoms with Crippen molar-refractivity contribution in [3.63, 3.8) is 0 Å². The first-order chi connectivity index (χ1) is 8.66. The standard InChI is InChI=1S/C14H24N2O2/c1-11-5-3-2-4-6-12(8-7-11)16-10-9-13(17)15-14(16)18/h11-12H,2-10H2,1H3,(H,15,17,18). The first-order valence-corrected chi connectivity index (χ1v) is 7.27. The van der Waals surface area contributed by atoms with E-state index in [9.17, 15) is 9.59 Å². The van der Waals surface area contributed by atoms with Crippen molar-refractivity contribution in [2.24, 2.45) is 5.92 Å². The van der Waals surface area contributed by atoms with Crippen LogP contribution in [0.4, 0.5) is 4.79 Å². The zero-order valence-corrected chi connectivity index (χ0v) is 11.3. The topological polar surface area (TPSA) is 49.4 Å². The monoisotopic (exact) mass is 252 g/mol. The van der Waals surface area contributed by atoms with Crippen LogP contribution in [0.1, 0.15) is 58.3 Å². The van der Waals surface area contributed by atoms with E-state index in [0.717, 1.165) is 18.8 Å². The molecule has 2 unspecified atom stereocenters. The number of hydrogen-bond donors (Lipinski definition) is 1. The summed E-state index contributed by atoms with van der Waals surface area (Å²) in [7, 11) is 0. The fourth-order valence-electron chi connectivity index (χ4n) is 3.05. The van der Waals surface area contributed by atoms with E-state index in [0.29, 0.717) is 19.0 Å². The van der Waals surface area contributed by atoms with Gasteiger partial charge in [0.25, 0.3) is 0 Å². The van der Waals surface area contributed by atoms with Gasteiger partial charge in [-0.15, -0.1) is 0 Å². The largest absolute Gasteiger partial charge is 0.324 e. The van der Waals surface area contributed by atoms with Gasteiger partial charge in [0.05, 0.1) is 0 Å². The molecule has 0 aromatic rings. The Morgan fingerprint density at radius 3 is 2.61 bits per heavy atom. The SMILES string of the molecule is CC1CCCCCC(N2CCC(=O)NC2=O)CC1. The van der Waals surface area contributed by atoms with E-state index in [2.05, 4.69) is 12.2 Å². The quantitative estimate of drug-likeness (QED) is 0.780. The minimum atomic E-state index is -0.178. The normalized spacial score (nSPS) is 31.3. The number of hydrogen-bond acceptors (Lipinski definition) is 2. The lowest BCUT2D eigenvalue weighted by Gasteiger charge is -2.34. The van der Waals surface area contributed by atoms with Crippen LogP contribution in [0.2, 0.25) is 0 Å². The molecule has 3 amide bonds. The Morgan fingerprint density at radius 2 is 1.83 bits per heavy atom. The molecule has 2 aliphatic rings. The van der Waals surface area contributed by atoms with Gasteiger partial charge in [-0.25, -0.2) is 4.79 Å². The molecule has 0 bridgehead atoms. The highest BCUT2D eigenvalue weighted by atomic mass is 16.2. The van der Waals surface area contributed by atoms with Crippen LogP contribution in [0.25, 0.3) is 0 Å². The van der Waals surface area contributed by atoms with Gasteiger partial charge >= 0.3 is 6.03 Å². The molecule has 2 fully saturated rings. The molecule has 1 N–H and O–H groups in total. The molecule has 4 heteroatoms. The van der Waals surface area contributed by atoms with Crippen LogP contribution >= 0.6 is 0 Å². The molecule has 0 aromatic carbocycles. The van der Waals surface area contributed by atoms with Gasteiger partial charge < -0.3 is 4.90 Å². The van der Waals surface area contributed by atoms with E-state index in [1.54, 1.807) is 0 Å². The lowest BCUT2D eigenvalue weighted by Crippen LogP contribution is -2.53. The van der Waals surface area contributed by atoms with Gasteiger partial charge in [-0.1, -0.05) is 32.6 Å². The summed E-state index contributed by atoms with van der Waals surface area (Å²) in [5.41, 5.74) is 0. The first-order valence-electron chi connectivity index (χ1n) is 7.27. The average molecular weight is 252 g/mol. The summed E-state index contributed by atoms with van der Waals surface area (Å²) in [5, 5.41) is 2.44. The van der Waals surface area contributed by atoms with Crippen LogP contribution in [0.15, 0.2) is 0 Å². The zero-order chi connectivity index (χ0) is 13.0. The van der Waals surface area contributed by atoms with Crippen molar-refractivity contribution >= 4 is 11.9 Å². The Morgan fingerprint density at radius 1 is 1.06 bits per heavy atom. The summed E-state index contributed by atoms with van der Waals surface area (Å²) in [6.45, 7) is 2.91. The highest BCUT2D eigenvalue weighted by molar-refractivity contribution is 5.96. The maximum atomic E-state index is 11.9. The third-order valence-electron chi connectivity index (χ3n) is 4.25. The molecule has 1 saturated carbocycles. The second-order valence-electron chi connectivity index (χ2n) is 5.77. The van der Waals surface area contributed by atoms with Crippen LogP contribution in [0, 0.1) is 5.92 Å². The van der Waals surface area contributed by atoms with Crippen LogP contribution in [-0.4, -0.2) is 29.4 Å². The summed E-state index contributed by atoms with van der Waals surface area (Å²) in [4.78, 5) is 24.9. The number of nitrogens with zero attached hydrogens (tertiary/aromatic N) is 1. The Kier molecular flexibility index (Phi) is 4.61. The molecule has 1 heterocycles. The van der Waals surface area contributed by atoms with Gasteiger partial charge in [0.15, 0.2) is 0 Å². The Balaban J connectivity index is 1.96. The average Bonchev–Trinajstić information content (AvgIpc) is 2.42. The van der Waals surface area contributed by atoms with Crippen molar-refractivity contribution in [1.82, 2.24) is 10.2 Å². The van der Waals surface area contributed by atoms with Gasteiger partial charge in [-0.2, -0.15) is 0 Å². The Bertz CT molecular complexity index is 317.